The number of likely N-dealkylation sites (N-methyl/N-ethyl adjacent to an activating group) is 1. The minimum Gasteiger partial charge on any atom is -0.361 e. The van der Waals surface area contributed by atoms with Gasteiger partial charge in [0.1, 0.15) is 6.07 Å². The summed E-state index contributed by atoms with van der Waals surface area (Å²) in [5.41, 5.74) is 2.58. The molecule has 1 aromatic rings. The van der Waals surface area contributed by atoms with Crippen LogP contribution in [0.3, 0.4) is 0 Å². The quantitative estimate of drug-likeness (QED) is 0.751. The lowest BCUT2D eigenvalue weighted by molar-refractivity contribution is -0.127. The van der Waals surface area contributed by atoms with E-state index in [0.29, 0.717) is 12.1 Å². The highest BCUT2D eigenvalue weighted by Gasteiger charge is 2.20. The molecule has 4 heteroatoms. The zero-order chi connectivity index (χ0) is 13.1. The van der Waals surface area contributed by atoms with Crippen LogP contribution in [0.1, 0.15) is 17.5 Å². The molecule has 2 rings (SSSR count). The van der Waals surface area contributed by atoms with Gasteiger partial charge in [0.25, 0.3) is 0 Å². The first kappa shape index (κ1) is 12.4. The van der Waals surface area contributed by atoms with Crippen molar-refractivity contribution < 1.29 is 4.79 Å². The highest BCUT2D eigenvalue weighted by atomic mass is 16.2. The normalized spacial score (nSPS) is 16.4. The fourth-order valence-electron chi connectivity index (χ4n) is 2.21. The molecule has 1 aliphatic heterocycles. The lowest BCUT2D eigenvalue weighted by Gasteiger charge is -2.23. The SMILES string of the molecule is Cc1ccc(N2CCCN(C)C(=O)C2)c(C#N)c1. The minimum absolute atomic E-state index is 0.108. The third kappa shape index (κ3) is 2.45. The summed E-state index contributed by atoms with van der Waals surface area (Å²) in [6.45, 7) is 3.91. The van der Waals surface area contributed by atoms with Gasteiger partial charge < -0.3 is 9.80 Å². The molecule has 18 heavy (non-hydrogen) atoms. The van der Waals surface area contributed by atoms with Crippen LogP contribution in [-0.4, -0.2) is 37.5 Å². The van der Waals surface area contributed by atoms with E-state index < -0.39 is 0 Å². The second-order valence-corrected chi connectivity index (χ2v) is 4.72. The maximum absolute atomic E-state index is 11.9. The van der Waals surface area contributed by atoms with E-state index in [-0.39, 0.29) is 5.91 Å². The van der Waals surface area contributed by atoms with Crippen LogP contribution in [0.5, 0.6) is 0 Å². The Labute approximate surface area is 107 Å². The summed E-state index contributed by atoms with van der Waals surface area (Å²) in [6, 6.07) is 8.00. The van der Waals surface area contributed by atoms with Gasteiger partial charge in [0.15, 0.2) is 0 Å². The second kappa shape index (κ2) is 5.09. The second-order valence-electron chi connectivity index (χ2n) is 4.72. The standard InChI is InChI=1S/C14H17N3O/c1-11-4-5-13(12(8-11)9-15)17-7-3-6-16(2)14(18)10-17/h4-5,8H,3,6-7,10H2,1-2H3. The van der Waals surface area contributed by atoms with Crippen molar-refractivity contribution in [3.8, 4) is 6.07 Å². The maximum atomic E-state index is 11.9. The number of anilines is 1. The lowest BCUT2D eigenvalue weighted by atomic mass is 10.1. The van der Waals surface area contributed by atoms with Gasteiger partial charge in [0.05, 0.1) is 17.8 Å². The van der Waals surface area contributed by atoms with E-state index in [2.05, 4.69) is 6.07 Å². The lowest BCUT2D eigenvalue weighted by Crippen LogP contribution is -2.34. The van der Waals surface area contributed by atoms with Crippen LogP contribution >= 0.6 is 0 Å². The first-order valence-electron chi connectivity index (χ1n) is 6.11. The summed E-state index contributed by atoms with van der Waals surface area (Å²) in [5.74, 6) is 0.108. The molecule has 0 spiro atoms. The summed E-state index contributed by atoms with van der Waals surface area (Å²) >= 11 is 0. The van der Waals surface area contributed by atoms with Crippen molar-refractivity contribution in [2.24, 2.45) is 0 Å². The van der Waals surface area contributed by atoms with Crippen LogP contribution in [0.4, 0.5) is 5.69 Å². The third-order valence-corrected chi connectivity index (χ3v) is 3.29. The number of carbonyl (C=O) groups excluding carboxylic acids is 1. The van der Waals surface area contributed by atoms with Gasteiger partial charge in [0, 0.05) is 20.1 Å². The minimum atomic E-state index is 0.108. The first-order valence-corrected chi connectivity index (χ1v) is 6.11. The predicted molar refractivity (Wildman–Crippen MR) is 70.4 cm³/mol. The zero-order valence-corrected chi connectivity index (χ0v) is 10.8. The molecule has 0 saturated carbocycles. The van der Waals surface area contributed by atoms with Crippen LogP contribution in [0.15, 0.2) is 18.2 Å². The Kier molecular flexibility index (Phi) is 3.52. The van der Waals surface area contributed by atoms with Crippen molar-refractivity contribution >= 4 is 11.6 Å². The van der Waals surface area contributed by atoms with Gasteiger partial charge in [-0.1, -0.05) is 6.07 Å². The molecule has 0 aromatic heterocycles. The van der Waals surface area contributed by atoms with Crippen molar-refractivity contribution in [1.82, 2.24) is 4.90 Å². The number of benzene rings is 1. The largest absolute Gasteiger partial charge is 0.361 e. The summed E-state index contributed by atoms with van der Waals surface area (Å²) in [6.07, 6.45) is 0.932. The smallest absolute Gasteiger partial charge is 0.241 e. The number of hydrogen-bond donors (Lipinski definition) is 0. The molecule has 1 aromatic carbocycles. The van der Waals surface area contributed by atoms with E-state index in [4.69, 9.17) is 0 Å². The molecule has 94 valence electrons. The molecule has 1 amide bonds. The van der Waals surface area contributed by atoms with Gasteiger partial charge in [-0.2, -0.15) is 5.26 Å². The summed E-state index contributed by atoms with van der Waals surface area (Å²) in [7, 11) is 1.83. The molecule has 0 unspecified atom stereocenters. The molecular weight excluding hydrogens is 226 g/mol. The van der Waals surface area contributed by atoms with Crippen LogP contribution in [-0.2, 0) is 4.79 Å². The van der Waals surface area contributed by atoms with Gasteiger partial charge in [-0.3, -0.25) is 4.79 Å². The predicted octanol–water partition coefficient (Wildman–Crippen LogP) is 1.54. The Balaban J connectivity index is 2.31. The number of nitriles is 1. The van der Waals surface area contributed by atoms with Gasteiger partial charge >= 0.3 is 0 Å². The van der Waals surface area contributed by atoms with E-state index in [1.807, 2.05) is 37.1 Å². The zero-order valence-electron chi connectivity index (χ0n) is 10.8. The number of rotatable bonds is 1. The van der Waals surface area contributed by atoms with E-state index in [1.54, 1.807) is 4.90 Å². The average molecular weight is 243 g/mol. The average Bonchev–Trinajstić information content (AvgIpc) is 2.52. The Morgan fingerprint density at radius 2 is 2.11 bits per heavy atom. The van der Waals surface area contributed by atoms with E-state index in [9.17, 15) is 10.1 Å². The van der Waals surface area contributed by atoms with E-state index >= 15 is 0 Å². The molecular formula is C14H17N3O. The van der Waals surface area contributed by atoms with Crippen LogP contribution in [0.2, 0.25) is 0 Å². The molecule has 0 radical (unpaired) electrons. The Bertz CT molecular complexity index is 504. The van der Waals surface area contributed by atoms with Gasteiger partial charge in [-0.25, -0.2) is 0 Å². The highest BCUT2D eigenvalue weighted by Crippen LogP contribution is 2.22. The molecule has 4 nitrogen and oxygen atoms in total. The Hall–Kier alpha value is -2.02. The summed E-state index contributed by atoms with van der Waals surface area (Å²) < 4.78 is 0. The monoisotopic (exact) mass is 243 g/mol. The van der Waals surface area contributed by atoms with Crippen molar-refractivity contribution in [3.63, 3.8) is 0 Å². The van der Waals surface area contributed by atoms with Crippen molar-refractivity contribution in [2.75, 3.05) is 31.6 Å². The van der Waals surface area contributed by atoms with E-state index in [1.165, 1.54) is 0 Å². The number of amides is 1. The number of nitrogens with zero attached hydrogens (tertiary/aromatic N) is 3. The third-order valence-electron chi connectivity index (χ3n) is 3.29. The van der Waals surface area contributed by atoms with Crippen LogP contribution in [0, 0.1) is 18.3 Å². The molecule has 1 aliphatic rings. The van der Waals surface area contributed by atoms with Crippen LogP contribution in [0.25, 0.3) is 0 Å². The number of carbonyl (C=O) groups is 1. The Morgan fingerprint density at radius 3 is 2.83 bits per heavy atom. The fraction of sp³-hybridized carbons (Fsp3) is 0.429. The van der Waals surface area contributed by atoms with Gasteiger partial charge in [-0.05, 0) is 31.0 Å². The van der Waals surface area contributed by atoms with E-state index in [0.717, 1.165) is 30.8 Å². The summed E-state index contributed by atoms with van der Waals surface area (Å²) in [5, 5.41) is 9.19. The van der Waals surface area contributed by atoms with Gasteiger partial charge in [0.2, 0.25) is 5.91 Å². The van der Waals surface area contributed by atoms with Gasteiger partial charge in [-0.15, -0.1) is 0 Å². The molecule has 0 N–H and O–H groups in total. The number of hydrogen-bond acceptors (Lipinski definition) is 3. The van der Waals surface area contributed by atoms with Crippen molar-refractivity contribution in [1.29, 1.82) is 5.26 Å². The molecule has 0 bridgehead atoms. The number of aryl methyl sites for hydroxylation is 1. The highest BCUT2D eigenvalue weighted by molar-refractivity contribution is 5.82. The fourth-order valence-corrected chi connectivity index (χ4v) is 2.21. The maximum Gasteiger partial charge on any atom is 0.241 e. The molecule has 1 saturated heterocycles. The molecule has 1 heterocycles. The van der Waals surface area contributed by atoms with Crippen molar-refractivity contribution in [3.05, 3.63) is 29.3 Å². The van der Waals surface area contributed by atoms with Crippen molar-refractivity contribution in [2.45, 2.75) is 13.3 Å². The van der Waals surface area contributed by atoms with Crippen LogP contribution < -0.4 is 4.90 Å². The first-order chi connectivity index (χ1) is 8.61. The molecule has 1 fully saturated rings. The molecule has 0 aliphatic carbocycles. The summed E-state index contributed by atoms with van der Waals surface area (Å²) in [4.78, 5) is 15.6. The topological polar surface area (TPSA) is 47.3 Å². The molecule has 0 atom stereocenters. The Morgan fingerprint density at radius 1 is 1.33 bits per heavy atom.